The average molecular weight is 386 g/mol. The van der Waals surface area contributed by atoms with Crippen LogP contribution in [0.2, 0.25) is 0 Å². The maximum absolute atomic E-state index is 13.4. The van der Waals surface area contributed by atoms with Gasteiger partial charge in [-0.1, -0.05) is 37.3 Å². The van der Waals surface area contributed by atoms with Crippen LogP contribution in [-0.4, -0.2) is 67.2 Å². The first-order valence-corrected chi connectivity index (χ1v) is 10.6. The molecule has 6 heteroatoms. The Morgan fingerprint density at radius 3 is 2.71 bits per heavy atom. The summed E-state index contributed by atoms with van der Waals surface area (Å²) in [5, 5.41) is 3.00. The molecule has 152 valence electrons. The van der Waals surface area contributed by atoms with Crippen molar-refractivity contribution in [2.45, 2.75) is 44.1 Å². The lowest BCUT2D eigenvalue weighted by molar-refractivity contribution is -0.137. The van der Waals surface area contributed by atoms with Gasteiger partial charge in [0.1, 0.15) is 0 Å². The zero-order valence-corrected chi connectivity index (χ0v) is 16.7. The number of nitrogens with zero attached hydrogens (tertiary/aromatic N) is 2. The molecule has 1 N–H and O–H groups in total. The summed E-state index contributed by atoms with van der Waals surface area (Å²) in [6.07, 6.45) is 3.61. The quantitative estimate of drug-likeness (QED) is 0.866. The predicted molar refractivity (Wildman–Crippen MR) is 107 cm³/mol. The van der Waals surface area contributed by atoms with E-state index in [1.165, 1.54) is 0 Å². The number of rotatable bonds is 4. The third-order valence-electron chi connectivity index (χ3n) is 6.46. The van der Waals surface area contributed by atoms with Gasteiger partial charge in [0, 0.05) is 38.1 Å². The van der Waals surface area contributed by atoms with E-state index in [1.807, 2.05) is 28.0 Å². The number of piperidine rings is 1. The van der Waals surface area contributed by atoms with Crippen LogP contribution in [0.4, 0.5) is 4.79 Å². The minimum atomic E-state index is -0.322. The topological polar surface area (TPSA) is 61.9 Å². The number of carbonyl (C=O) groups is 2. The molecule has 4 rings (SSSR count). The number of benzene rings is 1. The molecule has 1 aliphatic carbocycles. The minimum absolute atomic E-state index is 0.00470. The second-order valence-corrected chi connectivity index (χ2v) is 8.32. The van der Waals surface area contributed by atoms with Crippen LogP contribution in [0.1, 0.15) is 38.2 Å². The van der Waals surface area contributed by atoms with E-state index in [9.17, 15) is 9.59 Å². The Labute approximate surface area is 167 Å². The van der Waals surface area contributed by atoms with Crippen molar-refractivity contribution in [1.29, 1.82) is 0 Å². The number of fused-ring (bicyclic) bond motifs is 1. The van der Waals surface area contributed by atoms with Gasteiger partial charge in [-0.25, -0.2) is 4.79 Å². The first kappa shape index (κ1) is 19.2. The summed E-state index contributed by atoms with van der Waals surface area (Å²) in [6, 6.07) is 10.3. The Morgan fingerprint density at radius 2 is 2.00 bits per heavy atom. The van der Waals surface area contributed by atoms with E-state index in [4.69, 9.17) is 4.74 Å². The Bertz CT molecular complexity index is 704. The van der Waals surface area contributed by atoms with Crippen LogP contribution >= 0.6 is 0 Å². The lowest BCUT2D eigenvalue weighted by Crippen LogP contribution is -2.57. The lowest BCUT2D eigenvalue weighted by Gasteiger charge is -2.43. The average Bonchev–Trinajstić information content (AvgIpc) is 3.56. The number of ether oxygens (including phenoxy) is 1. The van der Waals surface area contributed by atoms with Gasteiger partial charge in [0.25, 0.3) is 0 Å². The molecule has 2 heterocycles. The Kier molecular flexibility index (Phi) is 5.58. The number of hydrogen-bond acceptors (Lipinski definition) is 3. The van der Waals surface area contributed by atoms with Gasteiger partial charge in [0.2, 0.25) is 5.91 Å². The van der Waals surface area contributed by atoms with Crippen LogP contribution in [0.25, 0.3) is 0 Å². The van der Waals surface area contributed by atoms with E-state index < -0.39 is 0 Å². The highest BCUT2D eigenvalue weighted by Gasteiger charge is 2.54. The molecule has 2 atom stereocenters. The smallest absolute Gasteiger partial charge is 0.317 e. The monoisotopic (exact) mass is 385 g/mol. The maximum atomic E-state index is 13.4. The van der Waals surface area contributed by atoms with E-state index in [-0.39, 0.29) is 29.3 Å². The van der Waals surface area contributed by atoms with E-state index in [1.54, 1.807) is 0 Å². The van der Waals surface area contributed by atoms with Gasteiger partial charge in [-0.2, -0.15) is 0 Å². The molecule has 0 aromatic heterocycles. The van der Waals surface area contributed by atoms with Crippen molar-refractivity contribution in [3.05, 3.63) is 35.9 Å². The normalized spacial score (nSPS) is 26.2. The van der Waals surface area contributed by atoms with Crippen molar-refractivity contribution in [1.82, 2.24) is 15.1 Å². The molecule has 1 aromatic carbocycles. The predicted octanol–water partition coefficient (Wildman–Crippen LogP) is 2.39. The summed E-state index contributed by atoms with van der Waals surface area (Å²) in [7, 11) is 0. The molecule has 0 unspecified atom stereocenters. The number of hydrogen-bond donors (Lipinski definition) is 1. The molecule has 2 saturated heterocycles. The second kappa shape index (κ2) is 8.11. The molecule has 0 spiro atoms. The van der Waals surface area contributed by atoms with E-state index in [0.717, 1.165) is 31.2 Å². The third kappa shape index (κ3) is 3.62. The van der Waals surface area contributed by atoms with E-state index in [2.05, 4.69) is 24.4 Å². The van der Waals surface area contributed by atoms with E-state index in [0.29, 0.717) is 39.4 Å². The highest BCUT2D eigenvalue weighted by atomic mass is 16.5. The zero-order chi connectivity index (χ0) is 19.6. The minimum Gasteiger partial charge on any atom is -0.379 e. The van der Waals surface area contributed by atoms with Gasteiger partial charge in [-0.05, 0) is 31.2 Å². The van der Waals surface area contributed by atoms with Crippen LogP contribution in [-0.2, 0) is 14.9 Å². The van der Waals surface area contributed by atoms with Crippen LogP contribution in [0.15, 0.2) is 30.3 Å². The number of nitrogens with one attached hydrogen (secondary N) is 1. The Balaban J connectivity index is 1.45. The largest absolute Gasteiger partial charge is 0.379 e. The molecule has 0 bridgehead atoms. The molecular weight excluding hydrogens is 354 g/mol. The van der Waals surface area contributed by atoms with Crippen molar-refractivity contribution in [3.8, 4) is 0 Å². The molecule has 3 fully saturated rings. The summed E-state index contributed by atoms with van der Waals surface area (Å²) in [4.78, 5) is 30.0. The third-order valence-corrected chi connectivity index (χ3v) is 6.46. The number of carbonyl (C=O) groups excluding carboxylic acids is 2. The summed E-state index contributed by atoms with van der Waals surface area (Å²) < 4.78 is 5.80. The fourth-order valence-electron chi connectivity index (χ4n) is 4.74. The first-order chi connectivity index (χ1) is 13.7. The number of likely N-dealkylation sites (tertiary alicyclic amines) is 1. The Hall–Kier alpha value is -2.08. The number of amides is 3. The van der Waals surface area contributed by atoms with Gasteiger partial charge in [0.15, 0.2) is 0 Å². The first-order valence-electron chi connectivity index (χ1n) is 10.6. The molecule has 2 aliphatic heterocycles. The standard InChI is InChI=1S/C22H31N3O3/c1-2-11-23-21(27)25-13-14-28-16-17-15-24(12-8-19(17)25)20(26)22(9-10-22)18-6-4-3-5-7-18/h3-7,17,19H,2,8-16H2,1H3,(H,23,27)/t17-,19-/m1/s1. The van der Waals surface area contributed by atoms with Crippen molar-refractivity contribution < 1.29 is 14.3 Å². The molecule has 1 saturated carbocycles. The highest BCUT2D eigenvalue weighted by molar-refractivity contribution is 5.91. The molecule has 3 aliphatic rings. The SMILES string of the molecule is CCCNC(=O)N1CCOC[C@H]2CN(C(=O)C3(c4ccccc4)CC3)CC[C@H]21. The van der Waals surface area contributed by atoms with Gasteiger partial charge in [0.05, 0.1) is 18.6 Å². The molecule has 0 radical (unpaired) electrons. The molecular formula is C22H31N3O3. The maximum Gasteiger partial charge on any atom is 0.317 e. The molecule has 1 aromatic rings. The van der Waals surface area contributed by atoms with Gasteiger partial charge >= 0.3 is 6.03 Å². The highest BCUT2D eigenvalue weighted by Crippen LogP contribution is 2.50. The van der Waals surface area contributed by atoms with Crippen LogP contribution in [0.3, 0.4) is 0 Å². The fourth-order valence-corrected chi connectivity index (χ4v) is 4.74. The van der Waals surface area contributed by atoms with Crippen molar-refractivity contribution in [2.24, 2.45) is 5.92 Å². The van der Waals surface area contributed by atoms with Crippen molar-refractivity contribution in [3.63, 3.8) is 0 Å². The van der Waals surface area contributed by atoms with Gasteiger partial charge in [-0.15, -0.1) is 0 Å². The fraction of sp³-hybridized carbons (Fsp3) is 0.636. The molecule has 28 heavy (non-hydrogen) atoms. The van der Waals surface area contributed by atoms with Crippen LogP contribution < -0.4 is 5.32 Å². The van der Waals surface area contributed by atoms with Gasteiger partial charge < -0.3 is 19.9 Å². The Morgan fingerprint density at radius 1 is 1.21 bits per heavy atom. The van der Waals surface area contributed by atoms with Crippen molar-refractivity contribution in [2.75, 3.05) is 39.4 Å². The number of urea groups is 1. The van der Waals surface area contributed by atoms with Crippen LogP contribution in [0, 0.1) is 5.92 Å². The summed E-state index contributed by atoms with van der Waals surface area (Å²) in [6.45, 7) is 5.94. The summed E-state index contributed by atoms with van der Waals surface area (Å²) in [5.41, 5.74) is 0.817. The van der Waals surface area contributed by atoms with Gasteiger partial charge in [-0.3, -0.25) is 4.79 Å². The van der Waals surface area contributed by atoms with E-state index >= 15 is 0 Å². The zero-order valence-electron chi connectivity index (χ0n) is 16.7. The molecule has 6 nitrogen and oxygen atoms in total. The summed E-state index contributed by atoms with van der Waals surface area (Å²) >= 11 is 0. The van der Waals surface area contributed by atoms with Crippen LogP contribution in [0.5, 0.6) is 0 Å². The lowest BCUT2D eigenvalue weighted by atomic mass is 9.88. The van der Waals surface area contributed by atoms with Crippen molar-refractivity contribution >= 4 is 11.9 Å². The second-order valence-electron chi connectivity index (χ2n) is 8.32. The summed E-state index contributed by atoms with van der Waals surface area (Å²) in [5.74, 6) is 0.433. The molecule has 3 amide bonds.